The predicted molar refractivity (Wildman–Crippen MR) is 401 cm³/mol. The van der Waals surface area contributed by atoms with Crippen molar-refractivity contribution >= 4 is 117 Å². The summed E-state index contributed by atoms with van der Waals surface area (Å²) in [6, 6.07) is 17.6. The van der Waals surface area contributed by atoms with Crippen molar-refractivity contribution in [2.24, 2.45) is 11.8 Å². The van der Waals surface area contributed by atoms with Gasteiger partial charge in [-0.3, -0.25) is 52.7 Å². The van der Waals surface area contributed by atoms with Gasteiger partial charge in [0.15, 0.2) is 0 Å². The molecular weight excluding hydrogens is 1420 g/mol. The molecule has 6 aromatic rings. The number of aromatic nitrogens is 4. The summed E-state index contributed by atoms with van der Waals surface area (Å²) in [6.45, 7) is 16.4. The third-order valence-electron chi connectivity index (χ3n) is 17.5. The standard InChI is InChI=1S/C42H58N4O10Si3.C33H34N4O10/c1-11-22-46(36-20-14-28-24-35-33(25-32(28)36)40(51)45-37(26-47)43-35)30-16-12-27(13-17-30)39(50)44-34(42(53)56-59(8,9)10)19-18-31(48)23-29(41(52)55-58(5,6)7)15-21-38(49)54-57(2,3)4;1-2-13-37(27-11-5-19-15-26-24(16-23(19)27)31(43)36-28(17-38)34-26)21-7-3-18(4-8-21)30(42)35-25(33(46)47)10-9-22(39)14-20(32(44)45)6-12-29(40)41/h1,12-13,16-17,24-25,29,34,36,47H,14-15,18-23,26H2,2-10H3,(H,44,50)(H,43,45,51);1,3-4,7-8,15-16,20,25,27,38H,5-6,9-14,17H2,(H,35,42)(H,40,41)(H,44,45)(H,46,47)(H,34,36,43)/t29-,34-,36-;20-,25-,27-/m00/s1. The highest BCUT2D eigenvalue weighted by Crippen LogP contribution is 2.41. The molecular formula is C75H92N8O20Si3. The Morgan fingerprint density at radius 1 is 0.538 bits per heavy atom. The van der Waals surface area contributed by atoms with Gasteiger partial charge in [0.2, 0.25) is 25.0 Å². The number of benzene rings is 4. The molecule has 6 atom stereocenters. The lowest BCUT2D eigenvalue weighted by molar-refractivity contribution is -0.145. The summed E-state index contributed by atoms with van der Waals surface area (Å²) in [5.74, 6) is -3.96. The number of aliphatic hydroxyl groups excluding tert-OH is 2. The summed E-state index contributed by atoms with van der Waals surface area (Å²) >= 11 is 0. The Morgan fingerprint density at radius 3 is 1.34 bits per heavy atom. The Kier molecular flexibility index (Phi) is 28.5. The average Bonchev–Trinajstić information content (AvgIpc) is 1.56. The number of hydrogen-bond acceptors (Lipinski definition) is 21. The molecule has 2 amide bonds. The maximum absolute atomic E-state index is 13.7. The first-order valence-electron chi connectivity index (χ1n) is 34.8. The molecule has 0 bridgehead atoms. The zero-order valence-corrected chi connectivity index (χ0v) is 63.9. The summed E-state index contributed by atoms with van der Waals surface area (Å²) in [4.78, 5) is 169. The summed E-state index contributed by atoms with van der Waals surface area (Å²) in [6.07, 6.45) is 12.3. The average molecular weight is 1510 g/mol. The number of fused-ring (bicyclic) bond motifs is 4. The van der Waals surface area contributed by atoms with Crippen molar-refractivity contribution < 1.29 is 86.8 Å². The lowest BCUT2D eigenvalue weighted by Gasteiger charge is -2.30. The van der Waals surface area contributed by atoms with Crippen LogP contribution in [0.5, 0.6) is 0 Å². The molecule has 0 unspecified atom stereocenters. The maximum atomic E-state index is 13.7. The summed E-state index contributed by atoms with van der Waals surface area (Å²) in [7, 11) is -6.86. The number of anilines is 2. The predicted octanol–water partition coefficient (Wildman–Crippen LogP) is 7.94. The SMILES string of the molecule is C#CCN(c1ccc(C(=O)N[C@@H](CCC(=O)C[C@H](CCC(=O)O)C(=O)O)C(=O)O)cc1)[C@H]1CCc2cc3nc(CO)[nH]c(=O)c3cc21.C#CCN(c1ccc(C(=O)N[C@@H](CCC(=O)C[C@H](CCC(=O)O[Si](C)(C)C)C(=O)O[Si](C)(C)C)C(=O)O[Si](C)(C)C)cc1)[C@H]1CCc2cc3nc(CO)[nH]c(=O)c3cc21. The fourth-order valence-corrected chi connectivity index (χ4v) is 14.9. The first-order valence-corrected chi connectivity index (χ1v) is 45.0. The van der Waals surface area contributed by atoms with Crippen LogP contribution in [-0.4, -0.2) is 155 Å². The van der Waals surface area contributed by atoms with Crippen LogP contribution in [0.1, 0.15) is 144 Å². The molecule has 8 rings (SSSR count). The van der Waals surface area contributed by atoms with Crippen LogP contribution in [0.15, 0.2) is 82.4 Å². The Balaban J connectivity index is 0.000000303. The fourth-order valence-electron chi connectivity index (χ4n) is 12.6. The number of Topliss-reactive ketones (excluding diaryl/α,β-unsaturated/α-hetero) is 2. The number of ketones is 2. The molecule has 2 aromatic heterocycles. The quantitative estimate of drug-likeness (QED) is 0.0135. The van der Waals surface area contributed by atoms with Crippen molar-refractivity contribution in [3.05, 3.63) is 139 Å². The van der Waals surface area contributed by atoms with Crippen LogP contribution >= 0.6 is 0 Å². The van der Waals surface area contributed by atoms with E-state index in [1.165, 1.54) is 12.1 Å². The van der Waals surface area contributed by atoms with Gasteiger partial charge in [-0.15, -0.1) is 12.8 Å². The molecule has 31 heteroatoms. The van der Waals surface area contributed by atoms with Gasteiger partial charge in [-0.2, -0.15) is 0 Å². The number of carboxylic acid groups (broad SMARTS) is 3. The van der Waals surface area contributed by atoms with E-state index in [0.717, 1.165) is 40.8 Å². The molecule has 0 radical (unpaired) electrons. The molecule has 0 saturated heterocycles. The van der Waals surface area contributed by atoms with Gasteiger partial charge in [0.25, 0.3) is 34.9 Å². The zero-order valence-electron chi connectivity index (χ0n) is 60.9. The number of rotatable bonds is 35. The van der Waals surface area contributed by atoms with Crippen LogP contribution in [0, 0.1) is 36.5 Å². The molecule has 0 saturated carbocycles. The second-order valence-corrected chi connectivity index (χ2v) is 42.4. The van der Waals surface area contributed by atoms with E-state index in [4.69, 9.17) is 31.2 Å². The van der Waals surface area contributed by atoms with Crippen LogP contribution in [0.25, 0.3) is 21.8 Å². The smallest absolute Gasteiger partial charge is 0.326 e. The van der Waals surface area contributed by atoms with Crippen LogP contribution in [0.2, 0.25) is 58.9 Å². The Labute approximate surface area is 615 Å². The van der Waals surface area contributed by atoms with E-state index < -0.39 is 122 Å². The third-order valence-corrected chi connectivity index (χ3v) is 20.0. The number of terminal acetylenes is 2. The highest BCUT2D eigenvalue weighted by molar-refractivity contribution is 6.72. The molecule has 4 aromatic carbocycles. The second kappa shape index (κ2) is 36.5. The number of aromatic amines is 2. The number of H-pyrrole nitrogens is 2. The number of hydrogen-bond donors (Lipinski definition) is 9. The number of carbonyl (C=O) groups excluding carboxylic acids is 7. The van der Waals surface area contributed by atoms with Gasteiger partial charge in [0.05, 0.1) is 58.8 Å². The van der Waals surface area contributed by atoms with Gasteiger partial charge >= 0.3 is 23.9 Å². The first kappa shape index (κ1) is 82.8. The van der Waals surface area contributed by atoms with Crippen molar-refractivity contribution in [2.45, 2.75) is 186 Å². The number of carboxylic acids is 3. The molecule has 106 heavy (non-hydrogen) atoms. The van der Waals surface area contributed by atoms with Gasteiger partial charge < -0.3 is 69.2 Å². The second-order valence-electron chi connectivity index (χ2n) is 29.2. The lowest BCUT2D eigenvalue weighted by Crippen LogP contribution is -2.45. The number of nitrogens with zero attached hydrogens (tertiary/aromatic N) is 4. The van der Waals surface area contributed by atoms with Crippen molar-refractivity contribution in [1.29, 1.82) is 0 Å². The van der Waals surface area contributed by atoms with Crippen molar-refractivity contribution in [3.8, 4) is 24.7 Å². The minimum atomic E-state index is -2.40. The summed E-state index contributed by atoms with van der Waals surface area (Å²) < 4.78 is 17.0. The van der Waals surface area contributed by atoms with Crippen molar-refractivity contribution in [2.75, 3.05) is 22.9 Å². The van der Waals surface area contributed by atoms with Crippen molar-refractivity contribution in [1.82, 2.24) is 30.6 Å². The molecule has 0 spiro atoms. The number of nitrogens with one attached hydrogen (secondary N) is 4. The van der Waals surface area contributed by atoms with E-state index in [1.807, 2.05) is 86.9 Å². The number of aryl methyl sites for hydroxylation is 2. The number of carbonyl (C=O) groups is 10. The zero-order chi connectivity index (χ0) is 78.1. The van der Waals surface area contributed by atoms with E-state index in [9.17, 15) is 78.0 Å². The monoisotopic (exact) mass is 1510 g/mol. The van der Waals surface area contributed by atoms with Gasteiger partial charge in [0, 0.05) is 61.0 Å². The van der Waals surface area contributed by atoms with Crippen LogP contribution in [0.3, 0.4) is 0 Å². The van der Waals surface area contributed by atoms with Crippen molar-refractivity contribution in [3.63, 3.8) is 0 Å². The van der Waals surface area contributed by atoms with E-state index in [0.29, 0.717) is 40.3 Å². The summed E-state index contributed by atoms with van der Waals surface area (Å²) in [5.41, 5.74) is 6.03. The number of aliphatic hydroxyl groups is 2. The summed E-state index contributed by atoms with van der Waals surface area (Å²) in [5, 5.41) is 52.5. The van der Waals surface area contributed by atoms with E-state index in [2.05, 4.69) is 42.4 Å². The molecule has 2 aliphatic carbocycles. The molecule has 2 aliphatic rings. The maximum Gasteiger partial charge on any atom is 0.326 e. The molecule has 0 aliphatic heterocycles. The van der Waals surface area contributed by atoms with Gasteiger partial charge in [-0.25, -0.2) is 14.8 Å². The topological polar surface area (TPSA) is 422 Å². The van der Waals surface area contributed by atoms with Gasteiger partial charge in [-0.05, 0) is 205 Å². The molecule has 564 valence electrons. The van der Waals surface area contributed by atoms with Crippen LogP contribution in [0.4, 0.5) is 11.4 Å². The number of amides is 2. The normalized spacial score (nSPS) is 15.0. The Bertz CT molecular complexity index is 4510. The van der Waals surface area contributed by atoms with Crippen LogP contribution in [-0.2, 0) is 77.7 Å². The van der Waals surface area contributed by atoms with E-state index >= 15 is 0 Å². The minimum absolute atomic E-state index is 0.0414. The van der Waals surface area contributed by atoms with E-state index in [1.54, 1.807) is 42.5 Å². The van der Waals surface area contributed by atoms with Gasteiger partial charge in [0.1, 0.15) is 48.5 Å². The first-order chi connectivity index (χ1) is 49.9. The molecule has 2 heterocycles. The number of aliphatic carboxylic acids is 3. The molecule has 9 N–H and O–H groups in total. The van der Waals surface area contributed by atoms with Gasteiger partial charge in [-0.1, -0.05) is 11.8 Å². The minimum Gasteiger partial charge on any atom is -0.520 e. The fraction of sp³-hybridized carbons (Fsp3) is 0.440. The Hall–Kier alpha value is -10.4. The Morgan fingerprint density at radius 2 is 0.943 bits per heavy atom. The lowest BCUT2D eigenvalue weighted by atomic mass is 9.94. The highest BCUT2D eigenvalue weighted by Gasteiger charge is 2.36. The molecule has 0 fully saturated rings. The van der Waals surface area contributed by atoms with Crippen LogP contribution < -0.4 is 31.6 Å². The van der Waals surface area contributed by atoms with E-state index in [-0.39, 0.29) is 123 Å². The molecule has 28 nitrogen and oxygen atoms in total. The largest absolute Gasteiger partial charge is 0.520 e. The highest BCUT2D eigenvalue weighted by atomic mass is 28.4. The third kappa shape index (κ3) is 23.5.